The van der Waals surface area contributed by atoms with E-state index in [-0.39, 0.29) is 0 Å². The minimum absolute atomic E-state index is 0.410. The Kier molecular flexibility index (Phi) is 6.09. The van der Waals surface area contributed by atoms with Gasteiger partial charge >= 0.3 is 5.97 Å². The van der Waals surface area contributed by atoms with Crippen molar-refractivity contribution in [3.8, 4) is 0 Å². The van der Waals surface area contributed by atoms with E-state index in [1.807, 2.05) is 13.8 Å². The fourth-order valence-corrected chi connectivity index (χ4v) is 2.65. The Hall–Kier alpha value is -0.650. The van der Waals surface area contributed by atoms with E-state index in [1.54, 1.807) is 38.0 Å². The number of nitrogens with zero attached hydrogens (tertiary/aromatic N) is 2. The van der Waals surface area contributed by atoms with Crippen LogP contribution in [-0.4, -0.2) is 71.9 Å². The van der Waals surface area contributed by atoms with Gasteiger partial charge in [0.15, 0.2) is 5.60 Å². The smallest absolute Gasteiger partial charge is 0.339 e. The number of hydrogen-bond acceptors (Lipinski definition) is 4. The Morgan fingerprint density at radius 2 is 1.35 bits per heavy atom. The van der Waals surface area contributed by atoms with E-state index in [0.717, 1.165) is 0 Å². The van der Waals surface area contributed by atoms with Gasteiger partial charge in [0.2, 0.25) is 0 Å². The summed E-state index contributed by atoms with van der Waals surface area (Å²) in [4.78, 5) is 15.1. The minimum atomic E-state index is -1.75. The third kappa shape index (κ3) is 3.18. The molecule has 0 fully saturated rings. The molecule has 0 aromatic heterocycles. The maximum Gasteiger partial charge on any atom is 0.339 e. The number of carboxylic acid groups (broad SMARTS) is 1. The van der Waals surface area contributed by atoms with E-state index in [4.69, 9.17) is 0 Å². The van der Waals surface area contributed by atoms with E-state index in [0.29, 0.717) is 12.8 Å². The lowest BCUT2D eigenvalue weighted by Crippen LogP contribution is -2.65. The molecular weight excluding hydrogens is 220 g/mol. The number of aliphatic hydroxyl groups is 1. The first-order chi connectivity index (χ1) is 7.73. The molecule has 0 aromatic rings. The van der Waals surface area contributed by atoms with Gasteiger partial charge < -0.3 is 20.0 Å². The molecule has 0 bridgehead atoms. The molecule has 0 saturated heterocycles. The van der Waals surface area contributed by atoms with Crippen molar-refractivity contribution in [2.75, 3.05) is 28.2 Å². The molecular formula is C12H26N2O3. The molecule has 0 rings (SSSR count). The third-order valence-electron chi connectivity index (χ3n) is 3.38. The van der Waals surface area contributed by atoms with E-state index in [2.05, 4.69) is 0 Å². The standard InChI is InChI=1S/C12H26N2O3/c1-7-9(13(3)4)12(17,11(15)16)10(8-2)14(5)6/h9-10,17H,7-8H2,1-6H3,(H,15,16). The molecule has 0 aliphatic carbocycles. The van der Waals surface area contributed by atoms with E-state index in [1.165, 1.54) is 0 Å². The molecule has 0 radical (unpaired) electrons. The first-order valence-corrected chi connectivity index (χ1v) is 6.01. The van der Waals surface area contributed by atoms with Crippen LogP contribution in [0.1, 0.15) is 26.7 Å². The highest BCUT2D eigenvalue weighted by molar-refractivity contribution is 5.79. The van der Waals surface area contributed by atoms with Crippen LogP contribution in [0.25, 0.3) is 0 Å². The highest BCUT2D eigenvalue weighted by Gasteiger charge is 2.51. The predicted molar refractivity (Wildman–Crippen MR) is 68.1 cm³/mol. The molecule has 0 aliphatic rings. The zero-order valence-electron chi connectivity index (χ0n) is 11.8. The number of carboxylic acids is 1. The fraction of sp³-hybridized carbons (Fsp3) is 0.917. The highest BCUT2D eigenvalue weighted by atomic mass is 16.4. The summed E-state index contributed by atoms with van der Waals surface area (Å²) < 4.78 is 0. The lowest BCUT2D eigenvalue weighted by molar-refractivity contribution is -0.176. The monoisotopic (exact) mass is 246 g/mol. The second-order valence-electron chi connectivity index (χ2n) is 4.91. The molecule has 2 atom stereocenters. The first-order valence-electron chi connectivity index (χ1n) is 6.01. The SMILES string of the molecule is CCC(N(C)C)C(O)(C(=O)O)C(CC)N(C)C. The molecule has 102 valence electrons. The van der Waals surface area contributed by atoms with Crippen molar-refractivity contribution in [3.05, 3.63) is 0 Å². The van der Waals surface area contributed by atoms with Crippen molar-refractivity contribution < 1.29 is 15.0 Å². The van der Waals surface area contributed by atoms with Gasteiger partial charge in [0.05, 0.1) is 12.1 Å². The molecule has 0 aliphatic heterocycles. The van der Waals surface area contributed by atoms with Gasteiger partial charge in [-0.05, 0) is 41.0 Å². The largest absolute Gasteiger partial charge is 0.479 e. The molecule has 17 heavy (non-hydrogen) atoms. The van der Waals surface area contributed by atoms with Gasteiger partial charge in [-0.2, -0.15) is 0 Å². The molecule has 0 saturated carbocycles. The number of rotatable bonds is 7. The molecule has 0 spiro atoms. The lowest BCUT2D eigenvalue weighted by Gasteiger charge is -2.43. The van der Waals surface area contributed by atoms with Crippen LogP contribution in [0.3, 0.4) is 0 Å². The molecule has 0 aromatic carbocycles. The van der Waals surface area contributed by atoms with Gasteiger partial charge in [0, 0.05) is 0 Å². The second kappa shape index (κ2) is 6.33. The summed E-state index contributed by atoms with van der Waals surface area (Å²) in [5, 5.41) is 20.1. The summed E-state index contributed by atoms with van der Waals surface area (Å²) in [6.45, 7) is 3.78. The average molecular weight is 246 g/mol. The number of hydrogen-bond donors (Lipinski definition) is 2. The summed E-state index contributed by atoms with van der Waals surface area (Å²) in [5.41, 5.74) is -1.75. The molecule has 0 heterocycles. The second-order valence-corrected chi connectivity index (χ2v) is 4.91. The van der Waals surface area contributed by atoms with Crippen LogP contribution in [0.5, 0.6) is 0 Å². The zero-order chi connectivity index (χ0) is 13.8. The fourth-order valence-electron chi connectivity index (χ4n) is 2.65. The molecule has 0 amide bonds. The van der Waals surface area contributed by atoms with Crippen LogP contribution in [-0.2, 0) is 4.79 Å². The van der Waals surface area contributed by atoms with Crippen molar-refractivity contribution >= 4 is 5.97 Å². The molecule has 2 unspecified atom stereocenters. The van der Waals surface area contributed by atoms with Crippen LogP contribution < -0.4 is 0 Å². The topological polar surface area (TPSA) is 64.0 Å². The van der Waals surface area contributed by atoms with Gasteiger partial charge in [-0.3, -0.25) is 0 Å². The highest BCUT2D eigenvalue weighted by Crippen LogP contribution is 2.27. The Bertz CT molecular complexity index is 238. The zero-order valence-corrected chi connectivity index (χ0v) is 11.8. The summed E-state index contributed by atoms with van der Waals surface area (Å²) in [7, 11) is 7.18. The van der Waals surface area contributed by atoms with Crippen molar-refractivity contribution in [2.45, 2.75) is 44.4 Å². The quantitative estimate of drug-likeness (QED) is 0.684. The summed E-state index contributed by atoms with van der Waals surface area (Å²) in [6.07, 6.45) is 1.17. The van der Waals surface area contributed by atoms with E-state index in [9.17, 15) is 15.0 Å². The Balaban J connectivity index is 5.48. The van der Waals surface area contributed by atoms with Gasteiger partial charge in [-0.25, -0.2) is 4.79 Å². The Morgan fingerprint density at radius 3 is 1.47 bits per heavy atom. The number of likely N-dealkylation sites (N-methyl/N-ethyl adjacent to an activating group) is 2. The van der Waals surface area contributed by atoms with Crippen molar-refractivity contribution in [1.82, 2.24) is 9.80 Å². The van der Waals surface area contributed by atoms with Crippen LogP contribution in [0.15, 0.2) is 0 Å². The van der Waals surface area contributed by atoms with E-state index < -0.39 is 23.7 Å². The Labute approximate surface area is 104 Å². The van der Waals surface area contributed by atoms with Gasteiger partial charge in [0.1, 0.15) is 0 Å². The van der Waals surface area contributed by atoms with Crippen LogP contribution in [0.4, 0.5) is 0 Å². The van der Waals surface area contributed by atoms with Gasteiger partial charge in [-0.1, -0.05) is 13.8 Å². The molecule has 2 N–H and O–H groups in total. The van der Waals surface area contributed by atoms with Crippen LogP contribution >= 0.6 is 0 Å². The Morgan fingerprint density at radius 1 is 1.06 bits per heavy atom. The molecule has 5 heteroatoms. The van der Waals surface area contributed by atoms with Crippen molar-refractivity contribution in [3.63, 3.8) is 0 Å². The maximum atomic E-state index is 11.5. The molecule has 5 nitrogen and oxygen atoms in total. The van der Waals surface area contributed by atoms with Crippen molar-refractivity contribution in [1.29, 1.82) is 0 Å². The summed E-state index contributed by atoms with van der Waals surface area (Å²) >= 11 is 0. The van der Waals surface area contributed by atoms with Crippen LogP contribution in [0.2, 0.25) is 0 Å². The average Bonchev–Trinajstić information content (AvgIpc) is 2.17. The maximum absolute atomic E-state index is 11.5. The lowest BCUT2D eigenvalue weighted by atomic mass is 9.82. The third-order valence-corrected chi connectivity index (χ3v) is 3.38. The first kappa shape index (κ1) is 16.4. The minimum Gasteiger partial charge on any atom is -0.479 e. The van der Waals surface area contributed by atoms with E-state index >= 15 is 0 Å². The van der Waals surface area contributed by atoms with Gasteiger partial charge in [-0.15, -0.1) is 0 Å². The van der Waals surface area contributed by atoms with Crippen molar-refractivity contribution in [2.24, 2.45) is 0 Å². The summed E-state index contributed by atoms with van der Waals surface area (Å²) in [5.74, 6) is -1.15. The number of carbonyl (C=O) groups is 1. The van der Waals surface area contributed by atoms with Gasteiger partial charge in [0.25, 0.3) is 0 Å². The normalized spacial score (nSPS) is 19.1. The number of aliphatic carboxylic acids is 1. The summed E-state index contributed by atoms with van der Waals surface area (Å²) in [6, 6.07) is -0.820. The van der Waals surface area contributed by atoms with Crippen LogP contribution in [0, 0.1) is 0 Å². The predicted octanol–water partition coefficient (Wildman–Crippen LogP) is 0.483.